The third kappa shape index (κ3) is 4.18. The van der Waals surface area contributed by atoms with E-state index in [1.165, 1.54) is 0 Å². The maximum absolute atomic E-state index is 14.1. The zero-order valence-electron chi connectivity index (χ0n) is 15.6. The van der Waals surface area contributed by atoms with Crippen LogP contribution in [0.3, 0.4) is 0 Å². The Kier molecular flexibility index (Phi) is 5.42. The molecule has 0 aliphatic heterocycles. The minimum absolute atomic E-state index is 0.128. The van der Waals surface area contributed by atoms with Crippen molar-refractivity contribution in [1.29, 1.82) is 0 Å². The summed E-state index contributed by atoms with van der Waals surface area (Å²) in [4.78, 5) is 0. The van der Waals surface area contributed by atoms with Gasteiger partial charge in [0.15, 0.2) is 0 Å². The molecule has 0 aromatic heterocycles. The Morgan fingerprint density at radius 2 is 1.04 bits per heavy atom. The molecular weight excluding hydrogens is 315 g/mol. The van der Waals surface area contributed by atoms with Crippen LogP contribution in [-0.4, -0.2) is 6.10 Å². The minimum atomic E-state index is -3.17. The van der Waals surface area contributed by atoms with Gasteiger partial charge in [0, 0.05) is 10.6 Å². The molecule has 0 unspecified atom stereocenters. The van der Waals surface area contributed by atoms with Crippen molar-refractivity contribution in [3.8, 4) is 0 Å². The smallest absolute Gasteiger partial charge is 0.261 e. The maximum atomic E-state index is 14.1. The Morgan fingerprint density at radius 3 is 1.33 bits per heavy atom. The van der Waals surface area contributed by atoms with Crippen LogP contribution in [0.25, 0.3) is 0 Å². The second kappa shape index (κ2) is 6.86. The van der Waals surface area contributed by atoms with Crippen molar-refractivity contribution in [1.82, 2.24) is 0 Å². The highest BCUT2D eigenvalue weighted by Gasteiger charge is 2.42. The van der Waals surface area contributed by atoms with Crippen molar-refractivity contribution in [2.24, 2.45) is 10.8 Å². The molecule has 3 heteroatoms. The van der Waals surface area contributed by atoms with Gasteiger partial charge in [-0.3, -0.25) is 4.57 Å². The van der Waals surface area contributed by atoms with E-state index in [0.29, 0.717) is 0 Å². The van der Waals surface area contributed by atoms with Crippen molar-refractivity contribution in [3.63, 3.8) is 0 Å². The third-order valence-electron chi connectivity index (χ3n) is 4.02. The molecule has 0 atom stereocenters. The molecule has 2 aromatic carbocycles. The highest BCUT2D eigenvalue weighted by Crippen LogP contribution is 2.51. The summed E-state index contributed by atoms with van der Waals surface area (Å²) in [5.41, 5.74) is -0.255. The first-order chi connectivity index (χ1) is 11.0. The van der Waals surface area contributed by atoms with Crippen molar-refractivity contribution < 1.29 is 9.09 Å². The first-order valence-corrected chi connectivity index (χ1v) is 10.1. The highest BCUT2D eigenvalue weighted by atomic mass is 31.2. The van der Waals surface area contributed by atoms with E-state index in [9.17, 15) is 4.57 Å². The SMILES string of the molecule is CC(C)(C)C(OP(=O)(c1ccccc1)c1ccccc1)C(C)(C)C. The van der Waals surface area contributed by atoms with E-state index in [0.717, 1.165) is 10.6 Å². The average Bonchev–Trinajstić information content (AvgIpc) is 2.52. The number of benzene rings is 2. The van der Waals surface area contributed by atoms with E-state index in [1.807, 2.05) is 60.7 Å². The molecule has 0 heterocycles. The fourth-order valence-electron chi connectivity index (χ4n) is 3.28. The van der Waals surface area contributed by atoms with Gasteiger partial charge in [-0.25, -0.2) is 0 Å². The Bertz CT molecular complexity index is 637. The maximum Gasteiger partial charge on any atom is 0.261 e. The summed E-state index contributed by atoms with van der Waals surface area (Å²) < 4.78 is 20.6. The minimum Gasteiger partial charge on any atom is -0.318 e. The van der Waals surface area contributed by atoms with Crippen LogP contribution in [0.15, 0.2) is 60.7 Å². The van der Waals surface area contributed by atoms with E-state index in [1.54, 1.807) is 0 Å². The van der Waals surface area contributed by atoms with Crippen LogP contribution in [-0.2, 0) is 9.09 Å². The molecule has 0 aliphatic carbocycles. The van der Waals surface area contributed by atoms with Gasteiger partial charge < -0.3 is 4.52 Å². The lowest BCUT2D eigenvalue weighted by molar-refractivity contribution is 0.00330. The van der Waals surface area contributed by atoms with E-state index in [4.69, 9.17) is 4.52 Å². The van der Waals surface area contributed by atoms with E-state index < -0.39 is 7.37 Å². The van der Waals surface area contributed by atoms with Gasteiger partial charge in [-0.1, -0.05) is 77.9 Å². The van der Waals surface area contributed by atoms with Gasteiger partial charge in [0.1, 0.15) is 0 Å². The molecule has 0 radical (unpaired) electrons. The van der Waals surface area contributed by atoms with Gasteiger partial charge in [0.05, 0.1) is 6.10 Å². The molecule has 0 amide bonds. The van der Waals surface area contributed by atoms with Gasteiger partial charge >= 0.3 is 0 Å². The molecule has 0 saturated carbocycles. The van der Waals surface area contributed by atoms with Crippen LogP contribution in [0.1, 0.15) is 41.5 Å². The molecule has 2 rings (SSSR count). The van der Waals surface area contributed by atoms with Crippen LogP contribution in [0.5, 0.6) is 0 Å². The number of hydrogen-bond acceptors (Lipinski definition) is 2. The van der Waals surface area contributed by atoms with Gasteiger partial charge in [0.2, 0.25) is 0 Å². The molecule has 0 aliphatic rings. The molecule has 2 aromatic rings. The first kappa shape index (κ1) is 19.0. The summed E-state index contributed by atoms with van der Waals surface area (Å²) in [6, 6.07) is 19.1. The lowest BCUT2D eigenvalue weighted by Crippen LogP contribution is -2.41. The molecule has 0 spiro atoms. The molecule has 0 saturated heterocycles. The van der Waals surface area contributed by atoms with Gasteiger partial charge in [-0.2, -0.15) is 0 Å². The summed E-state index contributed by atoms with van der Waals surface area (Å²) in [6.07, 6.45) is -0.156. The Hall–Kier alpha value is -1.37. The van der Waals surface area contributed by atoms with Gasteiger partial charge in [-0.05, 0) is 35.1 Å². The summed E-state index contributed by atoms with van der Waals surface area (Å²) in [5.74, 6) is 0. The monoisotopic (exact) mass is 344 g/mol. The number of rotatable bonds is 4. The molecule has 2 nitrogen and oxygen atoms in total. The molecule has 0 N–H and O–H groups in total. The van der Waals surface area contributed by atoms with Crippen LogP contribution in [0.2, 0.25) is 0 Å². The molecule has 0 fully saturated rings. The summed E-state index contributed by atoms with van der Waals surface area (Å²) in [5, 5.41) is 1.49. The van der Waals surface area contributed by atoms with Gasteiger partial charge in [0.25, 0.3) is 7.37 Å². The largest absolute Gasteiger partial charge is 0.318 e. The fraction of sp³-hybridized carbons (Fsp3) is 0.429. The lowest BCUT2D eigenvalue weighted by Gasteiger charge is -2.42. The predicted octanol–water partition coefficient (Wildman–Crippen LogP) is 5.39. The predicted molar refractivity (Wildman–Crippen MR) is 104 cm³/mol. The Morgan fingerprint density at radius 1 is 0.708 bits per heavy atom. The fourth-order valence-corrected chi connectivity index (χ4v) is 5.88. The van der Waals surface area contributed by atoms with E-state index in [2.05, 4.69) is 41.5 Å². The zero-order chi connectivity index (χ0) is 18.0. The van der Waals surface area contributed by atoms with Crippen LogP contribution in [0.4, 0.5) is 0 Å². The topological polar surface area (TPSA) is 26.3 Å². The first-order valence-electron chi connectivity index (χ1n) is 8.45. The summed E-state index contributed by atoms with van der Waals surface area (Å²) >= 11 is 0. The standard InChI is InChI=1S/C21H29O2P/c1-20(2,3)19(21(4,5)6)23-24(22,17-13-9-7-10-14-17)18-15-11-8-12-16-18/h7-16,19H,1-6H3. The van der Waals surface area contributed by atoms with Gasteiger partial charge in [-0.15, -0.1) is 0 Å². The van der Waals surface area contributed by atoms with Crippen molar-refractivity contribution in [2.75, 3.05) is 0 Å². The molecular formula is C21H29O2P. The average molecular weight is 344 g/mol. The van der Waals surface area contributed by atoms with E-state index in [-0.39, 0.29) is 16.9 Å². The van der Waals surface area contributed by atoms with Crippen LogP contribution >= 0.6 is 7.37 Å². The normalized spacial score (nSPS) is 13.3. The Balaban J connectivity index is 2.58. The second-order valence-corrected chi connectivity index (χ2v) is 10.8. The quantitative estimate of drug-likeness (QED) is 0.695. The van der Waals surface area contributed by atoms with Crippen molar-refractivity contribution >= 4 is 18.0 Å². The zero-order valence-corrected chi connectivity index (χ0v) is 16.5. The van der Waals surface area contributed by atoms with Crippen LogP contribution in [0, 0.1) is 10.8 Å². The summed E-state index contributed by atoms with van der Waals surface area (Å²) in [6.45, 7) is 12.9. The van der Waals surface area contributed by atoms with E-state index >= 15 is 0 Å². The molecule has 24 heavy (non-hydrogen) atoms. The van der Waals surface area contributed by atoms with Crippen molar-refractivity contribution in [2.45, 2.75) is 47.6 Å². The highest BCUT2D eigenvalue weighted by molar-refractivity contribution is 7.74. The Labute approximate surface area is 146 Å². The number of hydrogen-bond donors (Lipinski definition) is 0. The summed E-state index contributed by atoms with van der Waals surface area (Å²) in [7, 11) is -3.17. The van der Waals surface area contributed by atoms with Crippen LogP contribution < -0.4 is 10.6 Å². The lowest BCUT2D eigenvalue weighted by atomic mass is 9.74. The second-order valence-electron chi connectivity index (χ2n) is 8.44. The van der Waals surface area contributed by atoms with Crippen molar-refractivity contribution in [3.05, 3.63) is 60.7 Å². The third-order valence-corrected chi connectivity index (χ3v) is 6.48. The molecule has 130 valence electrons. The molecule has 0 bridgehead atoms.